The molecule has 0 atom stereocenters. The van der Waals surface area contributed by atoms with Crippen LogP contribution in [-0.2, 0) is 4.79 Å². The van der Waals surface area contributed by atoms with E-state index in [1.807, 2.05) is 0 Å². The van der Waals surface area contributed by atoms with E-state index in [4.69, 9.17) is 9.84 Å². The Morgan fingerprint density at radius 2 is 2.06 bits per heavy atom. The molecule has 4 heteroatoms. The quantitative estimate of drug-likeness (QED) is 0.492. The summed E-state index contributed by atoms with van der Waals surface area (Å²) in [5, 5.41) is 8.94. The second-order valence-electron chi connectivity index (χ2n) is 3.43. The van der Waals surface area contributed by atoms with Gasteiger partial charge in [-0.1, -0.05) is 25.3 Å². The topological polar surface area (TPSA) is 63.6 Å². The Kier molecular flexibility index (Phi) is 3.82. The minimum Gasteiger partial charge on any atom is -0.478 e. The lowest BCUT2D eigenvalue weighted by Crippen LogP contribution is -2.11. The molecule has 0 aliphatic rings. The first-order valence-electron chi connectivity index (χ1n) is 4.83. The minimum absolute atomic E-state index is 0.0112. The van der Waals surface area contributed by atoms with E-state index in [2.05, 4.69) is 13.2 Å². The number of esters is 1. The third kappa shape index (κ3) is 3.04. The highest BCUT2D eigenvalue weighted by Crippen LogP contribution is 2.22. The van der Waals surface area contributed by atoms with E-state index in [1.165, 1.54) is 25.1 Å². The lowest BCUT2D eigenvalue weighted by molar-refractivity contribution is -0.130. The maximum atomic E-state index is 11.3. The van der Waals surface area contributed by atoms with Crippen molar-refractivity contribution in [2.75, 3.05) is 0 Å². The number of rotatable bonds is 4. The average Bonchev–Trinajstić information content (AvgIpc) is 2.28. The molecule has 0 amide bonds. The zero-order chi connectivity index (χ0) is 13.0. The van der Waals surface area contributed by atoms with Crippen molar-refractivity contribution in [2.45, 2.75) is 6.92 Å². The summed E-state index contributed by atoms with van der Waals surface area (Å²) in [4.78, 5) is 22.3. The summed E-state index contributed by atoms with van der Waals surface area (Å²) in [6.07, 6.45) is 1.53. The summed E-state index contributed by atoms with van der Waals surface area (Å²) in [5.74, 6) is -1.83. The van der Waals surface area contributed by atoms with Crippen molar-refractivity contribution in [3.63, 3.8) is 0 Å². The summed E-state index contributed by atoms with van der Waals surface area (Å²) in [5.41, 5.74) is 0.787. The molecule has 0 aromatic heterocycles. The SMILES string of the molecule is C=Cc1ccc(C(=O)O)c(OC(=O)C(=C)C)c1. The van der Waals surface area contributed by atoms with Crippen molar-refractivity contribution in [3.05, 3.63) is 48.1 Å². The lowest BCUT2D eigenvalue weighted by Gasteiger charge is -2.08. The summed E-state index contributed by atoms with van der Waals surface area (Å²) < 4.78 is 4.94. The van der Waals surface area contributed by atoms with Crippen molar-refractivity contribution in [1.82, 2.24) is 0 Å². The molecule has 0 aliphatic carbocycles. The van der Waals surface area contributed by atoms with Crippen LogP contribution in [0.15, 0.2) is 36.9 Å². The van der Waals surface area contributed by atoms with Crippen molar-refractivity contribution in [1.29, 1.82) is 0 Å². The van der Waals surface area contributed by atoms with E-state index in [1.54, 1.807) is 6.07 Å². The Labute approximate surface area is 98.8 Å². The van der Waals surface area contributed by atoms with E-state index in [-0.39, 0.29) is 16.9 Å². The van der Waals surface area contributed by atoms with Gasteiger partial charge in [0.25, 0.3) is 0 Å². The molecular weight excluding hydrogens is 220 g/mol. The fourth-order valence-corrected chi connectivity index (χ4v) is 1.11. The fourth-order valence-electron chi connectivity index (χ4n) is 1.11. The van der Waals surface area contributed by atoms with Crippen LogP contribution in [0, 0.1) is 0 Å². The molecule has 0 radical (unpaired) electrons. The van der Waals surface area contributed by atoms with Gasteiger partial charge in [0.15, 0.2) is 0 Å². The Morgan fingerprint density at radius 1 is 1.41 bits per heavy atom. The highest BCUT2D eigenvalue weighted by Gasteiger charge is 2.15. The molecule has 17 heavy (non-hydrogen) atoms. The number of carboxylic acids is 1. The Morgan fingerprint density at radius 3 is 2.53 bits per heavy atom. The molecule has 0 bridgehead atoms. The maximum Gasteiger partial charge on any atom is 0.339 e. The Hall–Kier alpha value is -2.36. The van der Waals surface area contributed by atoms with Crippen LogP contribution < -0.4 is 4.74 Å². The van der Waals surface area contributed by atoms with Gasteiger partial charge in [-0.05, 0) is 24.6 Å². The van der Waals surface area contributed by atoms with E-state index in [9.17, 15) is 9.59 Å². The van der Waals surface area contributed by atoms with Gasteiger partial charge in [-0.25, -0.2) is 9.59 Å². The van der Waals surface area contributed by atoms with E-state index >= 15 is 0 Å². The predicted molar refractivity (Wildman–Crippen MR) is 63.9 cm³/mol. The second kappa shape index (κ2) is 5.12. The molecule has 88 valence electrons. The van der Waals surface area contributed by atoms with Crippen LogP contribution in [-0.4, -0.2) is 17.0 Å². The number of hydrogen-bond acceptors (Lipinski definition) is 3. The van der Waals surface area contributed by atoms with Gasteiger partial charge in [-0.3, -0.25) is 0 Å². The molecular formula is C13H12O4. The standard InChI is InChI=1S/C13H12O4/c1-4-9-5-6-10(12(14)15)11(7-9)17-13(16)8(2)3/h4-7H,1-2H2,3H3,(H,14,15). The van der Waals surface area contributed by atoms with Gasteiger partial charge >= 0.3 is 11.9 Å². The fraction of sp³-hybridized carbons (Fsp3) is 0.0769. The van der Waals surface area contributed by atoms with Crippen LogP contribution >= 0.6 is 0 Å². The van der Waals surface area contributed by atoms with Crippen LogP contribution in [0.5, 0.6) is 5.75 Å². The van der Waals surface area contributed by atoms with E-state index < -0.39 is 11.9 Å². The highest BCUT2D eigenvalue weighted by molar-refractivity contribution is 5.94. The second-order valence-corrected chi connectivity index (χ2v) is 3.43. The third-order valence-corrected chi connectivity index (χ3v) is 2.02. The third-order valence-electron chi connectivity index (χ3n) is 2.02. The van der Waals surface area contributed by atoms with Gasteiger partial charge in [0.1, 0.15) is 11.3 Å². The van der Waals surface area contributed by atoms with Crippen LogP contribution in [0.2, 0.25) is 0 Å². The van der Waals surface area contributed by atoms with Crippen LogP contribution in [0.3, 0.4) is 0 Å². The molecule has 0 heterocycles. The zero-order valence-corrected chi connectivity index (χ0v) is 9.40. The first kappa shape index (κ1) is 12.7. The number of carboxylic acid groups (broad SMARTS) is 1. The maximum absolute atomic E-state index is 11.3. The molecule has 1 rings (SSSR count). The smallest absolute Gasteiger partial charge is 0.339 e. The molecule has 1 aromatic rings. The van der Waals surface area contributed by atoms with E-state index in [0.717, 1.165) is 0 Å². The van der Waals surface area contributed by atoms with Crippen LogP contribution in [0.25, 0.3) is 6.08 Å². The first-order chi connectivity index (χ1) is 7.95. The highest BCUT2D eigenvalue weighted by atomic mass is 16.5. The number of aromatic carboxylic acids is 1. The molecule has 0 unspecified atom stereocenters. The lowest BCUT2D eigenvalue weighted by atomic mass is 10.1. The number of ether oxygens (including phenoxy) is 1. The number of carbonyl (C=O) groups excluding carboxylic acids is 1. The summed E-state index contributed by atoms with van der Waals surface area (Å²) in [7, 11) is 0. The number of hydrogen-bond donors (Lipinski definition) is 1. The minimum atomic E-state index is -1.16. The van der Waals surface area contributed by atoms with Crippen molar-refractivity contribution < 1.29 is 19.4 Å². The van der Waals surface area contributed by atoms with Crippen molar-refractivity contribution >= 4 is 18.0 Å². The summed E-state index contributed by atoms with van der Waals surface area (Å²) >= 11 is 0. The zero-order valence-electron chi connectivity index (χ0n) is 9.40. The molecule has 0 saturated carbocycles. The first-order valence-corrected chi connectivity index (χ1v) is 4.83. The molecule has 0 aliphatic heterocycles. The monoisotopic (exact) mass is 232 g/mol. The van der Waals surface area contributed by atoms with Gasteiger partial charge in [-0.15, -0.1) is 0 Å². The van der Waals surface area contributed by atoms with Gasteiger partial charge < -0.3 is 9.84 Å². The molecule has 4 nitrogen and oxygen atoms in total. The normalized spacial score (nSPS) is 9.47. The van der Waals surface area contributed by atoms with Gasteiger partial charge in [0.05, 0.1) is 0 Å². The Bertz CT molecular complexity index is 500. The molecule has 1 N–H and O–H groups in total. The Balaban J connectivity index is 3.18. The van der Waals surface area contributed by atoms with Crippen molar-refractivity contribution in [3.8, 4) is 5.75 Å². The van der Waals surface area contributed by atoms with Crippen molar-refractivity contribution in [2.24, 2.45) is 0 Å². The predicted octanol–water partition coefficient (Wildman–Crippen LogP) is 2.51. The summed E-state index contributed by atoms with van der Waals surface area (Å²) in [6.45, 7) is 8.47. The molecule has 0 saturated heterocycles. The van der Waals surface area contributed by atoms with Gasteiger partial charge in [0, 0.05) is 5.57 Å². The van der Waals surface area contributed by atoms with Gasteiger partial charge in [0.2, 0.25) is 0 Å². The van der Waals surface area contributed by atoms with E-state index in [0.29, 0.717) is 5.56 Å². The number of benzene rings is 1. The average molecular weight is 232 g/mol. The molecule has 1 aromatic carbocycles. The molecule has 0 spiro atoms. The van der Waals surface area contributed by atoms with Gasteiger partial charge in [-0.2, -0.15) is 0 Å². The largest absolute Gasteiger partial charge is 0.478 e. The van der Waals surface area contributed by atoms with Crippen LogP contribution in [0.1, 0.15) is 22.8 Å². The van der Waals surface area contributed by atoms with Crippen LogP contribution in [0.4, 0.5) is 0 Å². The summed E-state index contributed by atoms with van der Waals surface area (Å²) in [6, 6.07) is 4.38. The molecule has 0 fully saturated rings. The number of carbonyl (C=O) groups is 2.